The molecule has 1 aliphatic carbocycles. The largest absolute Gasteiger partial charge is 0.462 e. The lowest BCUT2D eigenvalue weighted by molar-refractivity contribution is -0.227. The first kappa shape index (κ1) is 20.1. The van der Waals surface area contributed by atoms with Crippen LogP contribution in [0.15, 0.2) is 42.5 Å². The van der Waals surface area contributed by atoms with E-state index in [4.69, 9.17) is 9.47 Å². The third kappa shape index (κ3) is 3.92. The van der Waals surface area contributed by atoms with Crippen LogP contribution in [0.4, 0.5) is 0 Å². The first-order chi connectivity index (χ1) is 14.9. The fourth-order valence-corrected chi connectivity index (χ4v) is 4.38. The number of ether oxygens (including phenoxy) is 2. The van der Waals surface area contributed by atoms with E-state index in [1.807, 2.05) is 41.3 Å². The maximum atomic E-state index is 12.3. The Kier molecular flexibility index (Phi) is 4.97. The van der Waals surface area contributed by atoms with Gasteiger partial charge in [0.1, 0.15) is 5.75 Å². The predicted octanol–water partition coefficient (Wildman–Crippen LogP) is 3.69. The molecular formula is C25H28N2O4. The Morgan fingerprint density at radius 3 is 2.32 bits per heavy atom. The second-order valence-corrected chi connectivity index (χ2v) is 9.00. The Morgan fingerprint density at radius 2 is 1.68 bits per heavy atom. The summed E-state index contributed by atoms with van der Waals surface area (Å²) in [6, 6.07) is 13.8. The number of benzene rings is 2. The average molecular weight is 421 g/mol. The molecule has 0 N–H and O–H groups in total. The monoisotopic (exact) mass is 420 g/mol. The van der Waals surface area contributed by atoms with Crippen LogP contribution >= 0.6 is 0 Å². The number of nitrogens with zero attached hydrogens (tertiary/aromatic N) is 2. The van der Waals surface area contributed by atoms with Crippen molar-refractivity contribution >= 4 is 11.8 Å². The van der Waals surface area contributed by atoms with Gasteiger partial charge in [0, 0.05) is 57.1 Å². The summed E-state index contributed by atoms with van der Waals surface area (Å²) < 4.78 is 12.5. The maximum Gasteiger partial charge on any atom is 0.253 e. The van der Waals surface area contributed by atoms with Gasteiger partial charge >= 0.3 is 0 Å². The van der Waals surface area contributed by atoms with Crippen molar-refractivity contribution in [2.75, 3.05) is 27.2 Å². The molecule has 0 bridgehead atoms. The molecule has 2 fully saturated rings. The summed E-state index contributed by atoms with van der Waals surface area (Å²) in [6.45, 7) is 1.89. The second kappa shape index (κ2) is 7.68. The zero-order valence-electron chi connectivity index (χ0n) is 18.1. The lowest BCUT2D eigenvalue weighted by Gasteiger charge is -2.44. The minimum atomic E-state index is -0.622. The van der Waals surface area contributed by atoms with Crippen molar-refractivity contribution in [3.05, 3.63) is 53.6 Å². The van der Waals surface area contributed by atoms with Gasteiger partial charge in [0.2, 0.25) is 11.7 Å². The number of carbonyl (C=O) groups excluding carboxylic acids is 2. The number of hydrogen-bond donors (Lipinski definition) is 0. The topological polar surface area (TPSA) is 59.1 Å². The Labute approximate surface area is 182 Å². The average Bonchev–Trinajstić information content (AvgIpc) is 3.64. The van der Waals surface area contributed by atoms with Crippen molar-refractivity contribution in [1.82, 2.24) is 9.80 Å². The molecule has 2 heterocycles. The molecule has 2 aromatic carbocycles. The molecule has 5 rings (SSSR count). The van der Waals surface area contributed by atoms with Gasteiger partial charge in [0.15, 0.2) is 0 Å². The summed E-state index contributed by atoms with van der Waals surface area (Å²) in [5.41, 5.74) is 3.81. The highest BCUT2D eigenvalue weighted by Crippen LogP contribution is 2.40. The van der Waals surface area contributed by atoms with Crippen molar-refractivity contribution in [3.63, 3.8) is 0 Å². The van der Waals surface area contributed by atoms with Gasteiger partial charge in [-0.25, -0.2) is 0 Å². The quantitative estimate of drug-likeness (QED) is 0.760. The molecule has 2 aliphatic heterocycles. The standard InChI is InChI=1S/C25H28N2O4/c1-26(2)23(28)18-5-3-17(4-6-18)20-9-10-22-21(15-20)16-30-25(31-22)11-13-27(14-12-25)24(29)19-7-8-19/h3-6,9-10,15,19H,7-8,11-14,16H2,1-2H3. The van der Waals surface area contributed by atoms with E-state index in [9.17, 15) is 9.59 Å². The smallest absolute Gasteiger partial charge is 0.253 e. The fraction of sp³-hybridized carbons (Fsp3) is 0.440. The first-order valence-corrected chi connectivity index (χ1v) is 11.0. The van der Waals surface area contributed by atoms with Crippen LogP contribution in [0, 0.1) is 5.92 Å². The van der Waals surface area contributed by atoms with Crippen molar-refractivity contribution in [2.24, 2.45) is 5.92 Å². The molecule has 162 valence electrons. The van der Waals surface area contributed by atoms with Gasteiger partial charge < -0.3 is 19.3 Å². The Balaban J connectivity index is 1.27. The van der Waals surface area contributed by atoms with Crippen molar-refractivity contribution < 1.29 is 19.1 Å². The van der Waals surface area contributed by atoms with E-state index >= 15 is 0 Å². The van der Waals surface area contributed by atoms with Gasteiger partial charge in [0.25, 0.3) is 5.91 Å². The van der Waals surface area contributed by atoms with Gasteiger partial charge in [-0.2, -0.15) is 0 Å². The number of carbonyl (C=O) groups is 2. The number of piperidine rings is 1. The Morgan fingerprint density at radius 1 is 1.00 bits per heavy atom. The molecule has 0 radical (unpaired) electrons. The molecule has 1 spiro atoms. The number of rotatable bonds is 3. The van der Waals surface area contributed by atoms with Gasteiger partial charge in [-0.1, -0.05) is 18.2 Å². The summed E-state index contributed by atoms with van der Waals surface area (Å²) >= 11 is 0. The zero-order valence-corrected chi connectivity index (χ0v) is 18.1. The minimum absolute atomic E-state index is 0.00559. The molecule has 6 nitrogen and oxygen atoms in total. The summed E-state index contributed by atoms with van der Waals surface area (Å²) in [7, 11) is 3.50. The van der Waals surface area contributed by atoms with Gasteiger partial charge in [0.05, 0.1) is 6.61 Å². The Bertz CT molecular complexity index is 1000. The molecule has 6 heteroatoms. The van der Waals surface area contributed by atoms with Crippen LogP contribution in [0.2, 0.25) is 0 Å². The summed E-state index contributed by atoms with van der Waals surface area (Å²) in [6.07, 6.45) is 3.48. The van der Waals surface area contributed by atoms with Gasteiger partial charge in [-0.15, -0.1) is 0 Å². The maximum absolute atomic E-state index is 12.3. The molecule has 0 aromatic heterocycles. The molecule has 31 heavy (non-hydrogen) atoms. The number of likely N-dealkylation sites (tertiary alicyclic amines) is 1. The van der Waals surface area contributed by atoms with E-state index in [2.05, 4.69) is 6.07 Å². The lowest BCUT2D eigenvalue weighted by Crippen LogP contribution is -2.52. The predicted molar refractivity (Wildman–Crippen MR) is 117 cm³/mol. The summed E-state index contributed by atoms with van der Waals surface area (Å²) in [5, 5.41) is 0. The number of amides is 2. The highest BCUT2D eigenvalue weighted by atomic mass is 16.7. The zero-order chi connectivity index (χ0) is 21.6. The van der Waals surface area contributed by atoms with E-state index in [0.717, 1.165) is 35.3 Å². The molecule has 1 saturated heterocycles. The molecule has 2 amide bonds. The molecule has 1 saturated carbocycles. The number of fused-ring (bicyclic) bond motifs is 1. The van der Waals surface area contributed by atoms with E-state index < -0.39 is 5.79 Å². The molecule has 0 unspecified atom stereocenters. The van der Waals surface area contributed by atoms with Crippen LogP contribution in [-0.4, -0.2) is 54.6 Å². The molecule has 3 aliphatic rings. The highest BCUT2D eigenvalue weighted by Gasteiger charge is 2.43. The van der Waals surface area contributed by atoms with E-state index in [1.54, 1.807) is 19.0 Å². The van der Waals surface area contributed by atoms with Crippen molar-refractivity contribution in [3.8, 4) is 16.9 Å². The normalized spacial score (nSPS) is 19.5. The van der Waals surface area contributed by atoms with Gasteiger partial charge in [-0.05, 0) is 48.2 Å². The number of hydrogen-bond acceptors (Lipinski definition) is 4. The van der Waals surface area contributed by atoms with Crippen LogP contribution in [0.3, 0.4) is 0 Å². The summed E-state index contributed by atoms with van der Waals surface area (Å²) in [5.74, 6) is 0.791. The SMILES string of the molecule is CN(C)C(=O)c1ccc(-c2ccc3c(c2)COC2(CCN(C(=O)C4CC4)CC2)O3)cc1. The van der Waals surface area contributed by atoms with Crippen molar-refractivity contribution in [2.45, 2.75) is 38.1 Å². The van der Waals surface area contributed by atoms with Crippen LogP contribution in [-0.2, 0) is 16.1 Å². The van der Waals surface area contributed by atoms with Gasteiger partial charge in [-0.3, -0.25) is 9.59 Å². The van der Waals surface area contributed by atoms with Crippen LogP contribution in [0.5, 0.6) is 5.75 Å². The second-order valence-electron chi connectivity index (χ2n) is 9.00. The van der Waals surface area contributed by atoms with E-state index in [0.29, 0.717) is 44.0 Å². The first-order valence-electron chi connectivity index (χ1n) is 11.0. The van der Waals surface area contributed by atoms with Crippen LogP contribution < -0.4 is 4.74 Å². The van der Waals surface area contributed by atoms with Crippen molar-refractivity contribution in [1.29, 1.82) is 0 Å². The highest BCUT2D eigenvalue weighted by molar-refractivity contribution is 5.94. The van der Waals surface area contributed by atoms with E-state index in [1.165, 1.54) is 0 Å². The Hall–Kier alpha value is -2.86. The fourth-order valence-electron chi connectivity index (χ4n) is 4.38. The third-order valence-corrected chi connectivity index (χ3v) is 6.48. The molecular weight excluding hydrogens is 392 g/mol. The summed E-state index contributed by atoms with van der Waals surface area (Å²) in [4.78, 5) is 28.0. The third-order valence-electron chi connectivity index (χ3n) is 6.48. The molecule has 2 aromatic rings. The molecule has 0 atom stereocenters. The lowest BCUT2D eigenvalue weighted by atomic mass is 9.98. The van der Waals surface area contributed by atoms with Crippen LogP contribution in [0.25, 0.3) is 11.1 Å². The van der Waals surface area contributed by atoms with E-state index in [-0.39, 0.29) is 11.8 Å². The van der Waals surface area contributed by atoms with Crippen LogP contribution in [0.1, 0.15) is 41.6 Å². The minimum Gasteiger partial charge on any atom is -0.462 e.